The summed E-state index contributed by atoms with van der Waals surface area (Å²) in [6.45, 7) is 7.34. The molecule has 1 saturated heterocycles. The van der Waals surface area contributed by atoms with Gasteiger partial charge in [-0.2, -0.15) is 0 Å². The Hall–Kier alpha value is -1.41. The number of ether oxygens (including phenoxy) is 1. The Morgan fingerprint density at radius 3 is 2.10 bits per heavy atom. The van der Waals surface area contributed by atoms with Gasteiger partial charge in [0.1, 0.15) is 0 Å². The van der Waals surface area contributed by atoms with Crippen LogP contribution in [0.5, 0.6) is 11.5 Å². The van der Waals surface area contributed by atoms with Crippen molar-refractivity contribution in [3.05, 3.63) is 18.2 Å². The molecule has 2 rings (SSSR count). The fourth-order valence-electron chi connectivity index (χ4n) is 1.86. The number of halogens is 3. The van der Waals surface area contributed by atoms with E-state index in [0.29, 0.717) is 5.46 Å². The molecule has 0 radical (unpaired) electrons. The van der Waals surface area contributed by atoms with Crippen molar-refractivity contribution in [3.63, 3.8) is 0 Å². The molecule has 0 amide bonds. The van der Waals surface area contributed by atoms with Crippen LogP contribution >= 0.6 is 0 Å². The molecule has 4 nitrogen and oxygen atoms in total. The minimum atomic E-state index is -4.88. The topological polar surface area (TPSA) is 47.9 Å². The van der Waals surface area contributed by atoms with Gasteiger partial charge in [-0.25, -0.2) is 0 Å². The van der Waals surface area contributed by atoms with Crippen molar-refractivity contribution in [2.75, 3.05) is 0 Å². The Bertz CT molecular complexity index is 527. The number of phenols is 1. The van der Waals surface area contributed by atoms with Crippen LogP contribution in [0.2, 0.25) is 0 Å². The second kappa shape index (κ2) is 4.81. The fourth-order valence-corrected chi connectivity index (χ4v) is 1.86. The van der Waals surface area contributed by atoms with Gasteiger partial charge in [-0.05, 0) is 45.3 Å². The molecular weight excluding hydrogens is 288 g/mol. The number of phenolic OH excluding ortho intramolecular Hbond substituents is 1. The monoisotopic (exact) mass is 304 g/mol. The van der Waals surface area contributed by atoms with Crippen molar-refractivity contribution in [3.8, 4) is 11.5 Å². The number of rotatable bonds is 2. The lowest BCUT2D eigenvalue weighted by Crippen LogP contribution is -2.41. The van der Waals surface area contributed by atoms with E-state index >= 15 is 0 Å². The lowest BCUT2D eigenvalue weighted by Gasteiger charge is -2.32. The van der Waals surface area contributed by atoms with Crippen LogP contribution in [0.25, 0.3) is 0 Å². The van der Waals surface area contributed by atoms with Crippen molar-refractivity contribution in [1.82, 2.24) is 0 Å². The maximum absolute atomic E-state index is 12.3. The number of alkyl halides is 3. The highest BCUT2D eigenvalue weighted by atomic mass is 19.4. The number of hydrogen-bond acceptors (Lipinski definition) is 4. The molecule has 21 heavy (non-hydrogen) atoms. The zero-order valence-corrected chi connectivity index (χ0v) is 12.1. The van der Waals surface area contributed by atoms with Crippen LogP contribution in [0, 0.1) is 0 Å². The molecule has 0 spiro atoms. The van der Waals surface area contributed by atoms with Gasteiger partial charge in [0.2, 0.25) is 0 Å². The van der Waals surface area contributed by atoms with E-state index in [1.54, 1.807) is 0 Å². The van der Waals surface area contributed by atoms with Crippen LogP contribution in [-0.2, 0) is 9.31 Å². The summed E-state index contributed by atoms with van der Waals surface area (Å²) in [7, 11) is -0.828. The predicted molar refractivity (Wildman–Crippen MR) is 70.5 cm³/mol. The van der Waals surface area contributed by atoms with E-state index in [1.165, 1.54) is 6.07 Å². The molecule has 1 aromatic rings. The second-order valence-electron chi connectivity index (χ2n) is 5.86. The molecule has 8 heteroatoms. The normalized spacial score (nSPS) is 20.6. The molecule has 0 unspecified atom stereocenters. The van der Waals surface area contributed by atoms with Crippen LogP contribution < -0.4 is 10.2 Å². The lowest BCUT2D eigenvalue weighted by molar-refractivity contribution is -0.275. The Morgan fingerprint density at radius 1 is 1.10 bits per heavy atom. The van der Waals surface area contributed by atoms with Crippen LogP contribution in [0.15, 0.2) is 18.2 Å². The zero-order valence-electron chi connectivity index (χ0n) is 12.1. The Balaban J connectivity index is 2.29. The van der Waals surface area contributed by atoms with E-state index in [-0.39, 0.29) is 0 Å². The third kappa shape index (κ3) is 3.27. The van der Waals surface area contributed by atoms with Gasteiger partial charge in [-0.1, -0.05) is 6.07 Å². The Labute approximate surface area is 121 Å². The molecule has 0 aromatic heterocycles. The molecule has 1 aliphatic heterocycles. The van der Waals surface area contributed by atoms with E-state index in [1.807, 2.05) is 27.7 Å². The summed E-state index contributed by atoms with van der Waals surface area (Å²) in [4.78, 5) is 0. The molecule has 1 aromatic carbocycles. The zero-order chi connectivity index (χ0) is 16.1. The SMILES string of the molecule is CC1(C)OB(c2ccc(O)c(OC(F)(F)F)c2)OC1(C)C. The van der Waals surface area contributed by atoms with Crippen LogP contribution in [0.1, 0.15) is 27.7 Å². The van der Waals surface area contributed by atoms with Gasteiger partial charge in [0, 0.05) is 0 Å². The average Bonchev–Trinajstić information content (AvgIpc) is 2.49. The molecule has 1 fully saturated rings. The quantitative estimate of drug-likeness (QED) is 0.853. The number of aromatic hydroxyl groups is 1. The first-order valence-electron chi connectivity index (χ1n) is 6.36. The maximum atomic E-state index is 12.3. The van der Waals surface area contributed by atoms with Crippen molar-refractivity contribution in [2.24, 2.45) is 0 Å². The van der Waals surface area contributed by atoms with E-state index in [2.05, 4.69) is 4.74 Å². The highest BCUT2D eigenvalue weighted by molar-refractivity contribution is 6.62. The van der Waals surface area contributed by atoms with Gasteiger partial charge in [0.25, 0.3) is 0 Å². The lowest BCUT2D eigenvalue weighted by atomic mass is 9.79. The van der Waals surface area contributed by atoms with Gasteiger partial charge >= 0.3 is 13.5 Å². The molecule has 0 saturated carbocycles. The van der Waals surface area contributed by atoms with Gasteiger partial charge < -0.3 is 19.2 Å². The van der Waals surface area contributed by atoms with E-state index in [9.17, 15) is 18.3 Å². The number of hydrogen-bond donors (Lipinski definition) is 1. The summed E-state index contributed by atoms with van der Waals surface area (Å²) in [5.74, 6) is -1.29. The Morgan fingerprint density at radius 2 is 1.62 bits per heavy atom. The van der Waals surface area contributed by atoms with Crippen molar-refractivity contribution in [1.29, 1.82) is 0 Å². The standard InChI is InChI=1S/C13H16BF3O4/c1-11(2)12(3,4)21-14(20-11)8-5-6-9(18)10(7-8)19-13(15,16)17/h5-7,18H,1-4H3. The first kappa shape index (κ1) is 16.0. The second-order valence-corrected chi connectivity index (χ2v) is 5.86. The summed E-state index contributed by atoms with van der Waals surface area (Å²) in [6, 6.07) is 3.60. The van der Waals surface area contributed by atoms with Crippen molar-refractivity contribution >= 4 is 12.6 Å². The van der Waals surface area contributed by atoms with Gasteiger partial charge in [-0.3, -0.25) is 0 Å². The van der Waals surface area contributed by atoms with Crippen LogP contribution in [-0.4, -0.2) is 29.8 Å². The van der Waals surface area contributed by atoms with E-state index in [4.69, 9.17) is 9.31 Å². The fraction of sp³-hybridized carbons (Fsp3) is 0.538. The van der Waals surface area contributed by atoms with Gasteiger partial charge in [0.15, 0.2) is 11.5 Å². The average molecular weight is 304 g/mol. The summed E-state index contributed by atoms with van der Waals surface area (Å²) in [6.07, 6.45) is -4.88. The highest BCUT2D eigenvalue weighted by Gasteiger charge is 2.51. The van der Waals surface area contributed by atoms with Gasteiger partial charge in [-0.15, -0.1) is 13.2 Å². The molecule has 0 bridgehead atoms. The van der Waals surface area contributed by atoms with Crippen LogP contribution in [0.4, 0.5) is 13.2 Å². The van der Waals surface area contributed by atoms with Crippen molar-refractivity contribution in [2.45, 2.75) is 45.3 Å². The molecule has 1 heterocycles. The molecule has 116 valence electrons. The molecule has 0 atom stereocenters. The summed E-state index contributed by atoms with van der Waals surface area (Å²) < 4.78 is 52.1. The molecule has 1 aliphatic rings. The molecule has 1 N–H and O–H groups in total. The largest absolute Gasteiger partial charge is 0.573 e. The Kier molecular flexibility index (Phi) is 3.66. The van der Waals surface area contributed by atoms with Gasteiger partial charge in [0.05, 0.1) is 11.2 Å². The smallest absolute Gasteiger partial charge is 0.504 e. The van der Waals surface area contributed by atoms with Crippen LogP contribution in [0.3, 0.4) is 0 Å². The first-order chi connectivity index (χ1) is 9.41. The first-order valence-corrected chi connectivity index (χ1v) is 6.36. The summed E-state index contributed by atoms with van der Waals surface area (Å²) >= 11 is 0. The minimum Gasteiger partial charge on any atom is -0.504 e. The van der Waals surface area contributed by atoms with Crippen molar-refractivity contribution < 1.29 is 32.3 Å². The van der Waals surface area contributed by atoms with E-state index in [0.717, 1.165) is 12.1 Å². The predicted octanol–water partition coefficient (Wildman–Crippen LogP) is 2.59. The third-order valence-electron chi connectivity index (χ3n) is 3.73. The number of benzene rings is 1. The third-order valence-corrected chi connectivity index (χ3v) is 3.73. The van der Waals surface area contributed by atoms with E-state index < -0.39 is 36.2 Å². The molecular formula is C13H16BF3O4. The summed E-state index contributed by atoms with van der Waals surface area (Å²) in [5.41, 5.74) is -0.882. The highest BCUT2D eigenvalue weighted by Crippen LogP contribution is 2.37. The molecule has 0 aliphatic carbocycles. The summed E-state index contributed by atoms with van der Waals surface area (Å²) in [5, 5.41) is 9.44. The minimum absolute atomic E-state index is 0.339. The maximum Gasteiger partial charge on any atom is 0.573 e.